The molecule has 92 valence electrons. The number of benzene rings is 1. The molecule has 17 heavy (non-hydrogen) atoms. The Morgan fingerprint density at radius 3 is 2.65 bits per heavy atom. The third-order valence-electron chi connectivity index (χ3n) is 2.34. The molecule has 0 radical (unpaired) electrons. The van der Waals surface area contributed by atoms with E-state index < -0.39 is 0 Å². The van der Waals surface area contributed by atoms with E-state index in [4.69, 9.17) is 0 Å². The highest BCUT2D eigenvalue weighted by Crippen LogP contribution is 2.00. The molecule has 0 saturated heterocycles. The predicted molar refractivity (Wildman–Crippen MR) is 76.1 cm³/mol. The lowest BCUT2D eigenvalue weighted by molar-refractivity contribution is -0.116. The highest BCUT2D eigenvalue weighted by molar-refractivity contribution is 9.09. The number of alkyl halides is 1. The van der Waals surface area contributed by atoms with Gasteiger partial charge in [0.15, 0.2) is 0 Å². The molecule has 0 aliphatic heterocycles. The first kappa shape index (κ1) is 14.0. The van der Waals surface area contributed by atoms with Gasteiger partial charge in [-0.2, -0.15) is 0 Å². The Balaban J connectivity index is 2.19. The van der Waals surface area contributed by atoms with Crippen LogP contribution in [0.4, 0.5) is 0 Å². The van der Waals surface area contributed by atoms with E-state index in [9.17, 15) is 4.79 Å². The quantitative estimate of drug-likeness (QED) is 0.466. The lowest BCUT2D eigenvalue weighted by Crippen LogP contribution is -2.21. The van der Waals surface area contributed by atoms with Crippen LogP contribution in [0.1, 0.15) is 24.8 Å². The average Bonchev–Trinajstić information content (AvgIpc) is 2.37. The van der Waals surface area contributed by atoms with E-state index in [2.05, 4.69) is 21.2 Å². The second kappa shape index (κ2) is 8.99. The molecule has 0 fully saturated rings. The predicted octanol–water partition coefficient (Wildman–Crippen LogP) is 3.38. The van der Waals surface area contributed by atoms with E-state index in [1.165, 1.54) is 0 Å². The number of unbranched alkanes of at least 4 members (excludes halogenated alkanes) is 2. The summed E-state index contributed by atoms with van der Waals surface area (Å²) in [5.74, 6) is -0.0207. The van der Waals surface area contributed by atoms with Crippen molar-refractivity contribution in [2.45, 2.75) is 19.3 Å². The van der Waals surface area contributed by atoms with Gasteiger partial charge >= 0.3 is 0 Å². The maximum absolute atomic E-state index is 11.4. The van der Waals surface area contributed by atoms with Crippen LogP contribution in [0.15, 0.2) is 36.4 Å². The number of halogens is 1. The Bertz CT molecular complexity index is 348. The van der Waals surface area contributed by atoms with Gasteiger partial charge in [-0.1, -0.05) is 52.7 Å². The van der Waals surface area contributed by atoms with Crippen molar-refractivity contribution >= 4 is 27.9 Å². The highest BCUT2D eigenvalue weighted by Gasteiger charge is 1.94. The minimum atomic E-state index is -0.0207. The molecule has 0 aliphatic carbocycles. The summed E-state index contributed by atoms with van der Waals surface area (Å²) in [6.45, 7) is 0.755. The van der Waals surface area contributed by atoms with Gasteiger partial charge in [-0.3, -0.25) is 4.79 Å². The average molecular weight is 296 g/mol. The molecular formula is C14H18BrNO. The zero-order valence-corrected chi connectivity index (χ0v) is 11.4. The van der Waals surface area contributed by atoms with Crippen molar-refractivity contribution in [3.05, 3.63) is 42.0 Å². The van der Waals surface area contributed by atoms with E-state index >= 15 is 0 Å². The Morgan fingerprint density at radius 2 is 1.94 bits per heavy atom. The second-order valence-corrected chi connectivity index (χ2v) is 4.58. The van der Waals surface area contributed by atoms with Crippen molar-refractivity contribution in [3.8, 4) is 0 Å². The Morgan fingerprint density at radius 1 is 1.18 bits per heavy atom. The van der Waals surface area contributed by atoms with Crippen LogP contribution < -0.4 is 5.32 Å². The van der Waals surface area contributed by atoms with Crippen LogP contribution in [-0.4, -0.2) is 17.8 Å². The minimum absolute atomic E-state index is 0.0207. The summed E-state index contributed by atoms with van der Waals surface area (Å²) < 4.78 is 0. The zero-order chi connectivity index (χ0) is 12.3. The van der Waals surface area contributed by atoms with Gasteiger partial charge in [-0.25, -0.2) is 0 Å². The molecule has 1 amide bonds. The van der Waals surface area contributed by atoms with E-state index in [0.717, 1.165) is 36.7 Å². The summed E-state index contributed by atoms with van der Waals surface area (Å²) in [5.41, 5.74) is 1.04. The Kier molecular flexibility index (Phi) is 7.39. The number of carbonyl (C=O) groups excluding carboxylic acids is 1. The second-order valence-electron chi connectivity index (χ2n) is 3.78. The molecule has 0 aliphatic rings. The fraction of sp³-hybridized carbons (Fsp3) is 0.357. The van der Waals surface area contributed by atoms with Crippen LogP contribution >= 0.6 is 15.9 Å². The van der Waals surface area contributed by atoms with Crippen LogP contribution in [0.2, 0.25) is 0 Å². The van der Waals surface area contributed by atoms with Crippen molar-refractivity contribution in [1.82, 2.24) is 5.32 Å². The molecule has 1 aromatic rings. The van der Waals surface area contributed by atoms with Gasteiger partial charge in [0, 0.05) is 18.0 Å². The van der Waals surface area contributed by atoms with Crippen LogP contribution in [0.5, 0.6) is 0 Å². The number of carbonyl (C=O) groups is 1. The normalized spacial score (nSPS) is 10.6. The molecule has 0 unspecified atom stereocenters. The molecule has 0 heterocycles. The molecule has 3 heteroatoms. The van der Waals surface area contributed by atoms with Gasteiger partial charge in [-0.05, 0) is 24.5 Å². The van der Waals surface area contributed by atoms with Gasteiger partial charge in [0.25, 0.3) is 0 Å². The first-order valence-corrected chi connectivity index (χ1v) is 7.02. The fourth-order valence-electron chi connectivity index (χ4n) is 1.40. The minimum Gasteiger partial charge on any atom is -0.353 e. The number of hydrogen-bond acceptors (Lipinski definition) is 1. The molecule has 0 atom stereocenters. The third kappa shape index (κ3) is 6.95. The summed E-state index contributed by atoms with van der Waals surface area (Å²) in [6, 6.07) is 9.82. The van der Waals surface area contributed by atoms with Crippen LogP contribution in [-0.2, 0) is 4.79 Å². The van der Waals surface area contributed by atoms with E-state index in [1.807, 2.05) is 36.4 Å². The van der Waals surface area contributed by atoms with Gasteiger partial charge in [0.2, 0.25) is 5.91 Å². The van der Waals surface area contributed by atoms with Crippen molar-refractivity contribution < 1.29 is 4.79 Å². The van der Waals surface area contributed by atoms with Crippen molar-refractivity contribution in [2.24, 2.45) is 0 Å². The first-order valence-electron chi connectivity index (χ1n) is 5.90. The van der Waals surface area contributed by atoms with Crippen molar-refractivity contribution in [2.75, 3.05) is 11.9 Å². The van der Waals surface area contributed by atoms with Gasteiger partial charge < -0.3 is 5.32 Å². The summed E-state index contributed by atoms with van der Waals surface area (Å²) in [4.78, 5) is 11.4. The molecule has 1 N–H and O–H groups in total. The van der Waals surface area contributed by atoms with E-state index in [1.54, 1.807) is 6.08 Å². The van der Waals surface area contributed by atoms with Crippen molar-refractivity contribution in [3.63, 3.8) is 0 Å². The van der Waals surface area contributed by atoms with Crippen molar-refractivity contribution in [1.29, 1.82) is 0 Å². The molecule has 0 spiro atoms. The molecular weight excluding hydrogens is 278 g/mol. The lowest BCUT2D eigenvalue weighted by atomic mass is 10.2. The van der Waals surface area contributed by atoms with Crippen LogP contribution in [0, 0.1) is 0 Å². The molecule has 0 saturated carbocycles. The summed E-state index contributed by atoms with van der Waals surface area (Å²) >= 11 is 3.38. The molecule has 2 nitrogen and oxygen atoms in total. The third-order valence-corrected chi connectivity index (χ3v) is 2.90. The number of hydrogen-bond donors (Lipinski definition) is 1. The fourth-order valence-corrected chi connectivity index (χ4v) is 1.80. The van der Waals surface area contributed by atoms with Crippen LogP contribution in [0.25, 0.3) is 6.08 Å². The zero-order valence-electron chi connectivity index (χ0n) is 9.86. The number of amides is 1. The molecule has 0 aromatic heterocycles. The Hall–Kier alpha value is -1.09. The largest absolute Gasteiger partial charge is 0.353 e. The van der Waals surface area contributed by atoms with Gasteiger partial charge in [0.05, 0.1) is 0 Å². The molecule has 1 aromatic carbocycles. The van der Waals surface area contributed by atoms with Crippen LogP contribution in [0.3, 0.4) is 0 Å². The maximum atomic E-state index is 11.4. The first-order chi connectivity index (χ1) is 8.33. The standard InChI is InChI=1S/C14H18BrNO/c15-11-5-2-6-12-16-14(17)10-9-13-7-3-1-4-8-13/h1,3-4,7-10H,2,5-6,11-12H2,(H,16,17)/b10-9-. The lowest BCUT2D eigenvalue weighted by Gasteiger charge is -2.00. The van der Waals surface area contributed by atoms with E-state index in [-0.39, 0.29) is 5.91 Å². The number of rotatable bonds is 7. The molecule has 0 bridgehead atoms. The summed E-state index contributed by atoms with van der Waals surface area (Å²) in [7, 11) is 0. The molecule has 1 rings (SSSR count). The number of nitrogens with one attached hydrogen (secondary N) is 1. The SMILES string of the molecule is O=C(/C=C\c1ccccc1)NCCCCCBr. The maximum Gasteiger partial charge on any atom is 0.243 e. The summed E-state index contributed by atoms with van der Waals surface area (Å²) in [5, 5.41) is 3.91. The Labute approximate surface area is 111 Å². The monoisotopic (exact) mass is 295 g/mol. The summed E-state index contributed by atoms with van der Waals surface area (Å²) in [6.07, 6.45) is 6.76. The highest BCUT2D eigenvalue weighted by atomic mass is 79.9. The topological polar surface area (TPSA) is 29.1 Å². The van der Waals surface area contributed by atoms with Gasteiger partial charge in [0.1, 0.15) is 0 Å². The van der Waals surface area contributed by atoms with Gasteiger partial charge in [-0.15, -0.1) is 0 Å². The van der Waals surface area contributed by atoms with E-state index in [0.29, 0.717) is 0 Å². The smallest absolute Gasteiger partial charge is 0.243 e.